The van der Waals surface area contributed by atoms with Crippen molar-refractivity contribution in [3.05, 3.63) is 96.9 Å². The van der Waals surface area contributed by atoms with Crippen LogP contribution in [0, 0.1) is 5.92 Å². The Hall–Kier alpha value is -4.29. The summed E-state index contributed by atoms with van der Waals surface area (Å²) in [6.45, 7) is 1.43. The first-order valence-electron chi connectivity index (χ1n) is 14.3. The lowest BCUT2D eigenvalue weighted by Gasteiger charge is -2.31. The number of thioether (sulfide) groups is 1. The van der Waals surface area contributed by atoms with Crippen LogP contribution in [0.25, 0.3) is 0 Å². The van der Waals surface area contributed by atoms with Gasteiger partial charge in [0.25, 0.3) is 5.91 Å². The Labute approximate surface area is 290 Å². The molecule has 0 radical (unpaired) electrons. The lowest BCUT2D eigenvalue weighted by atomic mass is 9.82. The largest absolute Gasteiger partial charge is 0.483 e. The van der Waals surface area contributed by atoms with Gasteiger partial charge >= 0.3 is 10.8 Å². The van der Waals surface area contributed by atoms with Gasteiger partial charge in [0, 0.05) is 26.5 Å². The number of carbonyl (C=O) groups is 4. The number of esters is 1. The predicted octanol–water partition coefficient (Wildman–Crippen LogP) is 3.84. The fraction of sp³-hybridized carbons (Fsp3) is 0.194. The molecule has 0 spiro atoms. The van der Waals surface area contributed by atoms with Crippen molar-refractivity contribution in [1.82, 2.24) is 4.98 Å². The lowest BCUT2D eigenvalue weighted by molar-refractivity contribution is -0.122. The molecule has 4 N–H and O–H groups in total. The molecule has 3 amide bonds. The number of imide groups is 1. The van der Waals surface area contributed by atoms with E-state index in [-0.39, 0.29) is 33.4 Å². The molecule has 0 saturated carbocycles. The van der Waals surface area contributed by atoms with Crippen molar-refractivity contribution in [2.45, 2.75) is 28.0 Å². The number of halogens is 1. The number of aromatic amines is 1. The number of aromatic nitrogens is 1. The smallest absolute Gasteiger partial charge is 0.338 e. The molecule has 3 aromatic carbocycles. The molecule has 2 aliphatic rings. The Bertz CT molecular complexity index is 2120. The van der Waals surface area contributed by atoms with Crippen LogP contribution in [-0.2, 0) is 29.1 Å². The highest BCUT2D eigenvalue weighted by Crippen LogP contribution is 2.54. The van der Waals surface area contributed by atoms with Crippen molar-refractivity contribution in [2.24, 2.45) is 11.1 Å². The minimum absolute atomic E-state index is 0.112. The molecule has 0 unspecified atom stereocenters. The molecule has 1 aromatic heterocycles. The van der Waals surface area contributed by atoms with E-state index in [0.29, 0.717) is 25.6 Å². The van der Waals surface area contributed by atoms with Gasteiger partial charge in [-0.15, -0.1) is 0 Å². The average Bonchev–Trinajstić information content (AvgIpc) is 3.54. The van der Waals surface area contributed by atoms with Gasteiger partial charge in [-0.25, -0.2) is 23.3 Å². The maximum Gasteiger partial charge on any atom is 0.338 e. The van der Waals surface area contributed by atoms with Gasteiger partial charge in [0.05, 0.1) is 33.7 Å². The first-order valence-corrected chi connectivity index (χ1v) is 18.3. The number of ether oxygens (including phenoxy) is 2. The molecule has 248 valence electrons. The number of amides is 3. The monoisotopic (exact) mass is 772 g/mol. The molecule has 1 saturated heterocycles. The number of thiazole rings is 1. The molecule has 2 aliphatic heterocycles. The van der Waals surface area contributed by atoms with E-state index in [2.05, 4.69) is 26.2 Å². The van der Waals surface area contributed by atoms with E-state index < -0.39 is 57.4 Å². The normalized spacial score (nSPS) is 18.6. The average molecular weight is 774 g/mol. The number of anilines is 2. The number of hydrogen-bond acceptors (Lipinski definition) is 11. The standard InChI is InChI=1S/C31H25BrN4O9S3/c1-2-44-30(40)15-3-8-18(9-4-15)36-28(38)24-23(25-27(35-31(41)47-25)46-26(24)29(36)39)20-13-16(32)5-12-21(20)45-14-22(37)34-17-6-10-19(11-7-17)48(33,42)43/h3-13,23-24,26H,2,14H2,1H3,(H,34,37)(H,35,41)(H2,33,42,43)/t23-,24-,26+/m0/s1. The van der Waals surface area contributed by atoms with E-state index in [0.717, 1.165) is 28.0 Å². The van der Waals surface area contributed by atoms with Gasteiger partial charge in [-0.05, 0) is 73.7 Å². The van der Waals surface area contributed by atoms with Crippen LogP contribution in [0.3, 0.4) is 0 Å². The van der Waals surface area contributed by atoms with Gasteiger partial charge < -0.3 is 19.8 Å². The number of nitrogens with two attached hydrogens (primary N) is 1. The highest BCUT2D eigenvalue weighted by molar-refractivity contribution is 9.10. The Kier molecular flexibility index (Phi) is 9.32. The number of rotatable bonds is 9. The zero-order chi connectivity index (χ0) is 34.3. The molecule has 1 fully saturated rings. The molecule has 6 rings (SSSR count). The summed E-state index contributed by atoms with van der Waals surface area (Å²) in [6.07, 6.45) is 0. The zero-order valence-electron chi connectivity index (χ0n) is 24.8. The zero-order valence-corrected chi connectivity index (χ0v) is 28.8. The third kappa shape index (κ3) is 6.55. The summed E-state index contributed by atoms with van der Waals surface area (Å²) in [5.41, 5.74) is 1.33. The quantitative estimate of drug-likeness (QED) is 0.166. The highest BCUT2D eigenvalue weighted by atomic mass is 79.9. The van der Waals surface area contributed by atoms with Crippen molar-refractivity contribution in [2.75, 3.05) is 23.4 Å². The summed E-state index contributed by atoms with van der Waals surface area (Å²) >= 11 is 5.51. The van der Waals surface area contributed by atoms with Gasteiger partial charge in [-0.2, -0.15) is 0 Å². The van der Waals surface area contributed by atoms with Crippen LogP contribution in [0.1, 0.15) is 33.6 Å². The summed E-state index contributed by atoms with van der Waals surface area (Å²) in [4.78, 5) is 69.5. The van der Waals surface area contributed by atoms with Crippen molar-refractivity contribution in [3.8, 4) is 5.75 Å². The molecular weight excluding hydrogens is 748 g/mol. The van der Waals surface area contributed by atoms with Crippen molar-refractivity contribution >= 4 is 84.1 Å². The molecule has 3 atom stereocenters. The summed E-state index contributed by atoms with van der Waals surface area (Å²) in [5.74, 6) is -3.54. The number of nitrogens with zero attached hydrogens (tertiary/aromatic N) is 1. The molecule has 4 aromatic rings. The third-order valence-corrected chi connectivity index (χ3v) is 11.4. The number of primary sulfonamides is 1. The van der Waals surface area contributed by atoms with Gasteiger partial charge in [0.15, 0.2) is 6.61 Å². The third-order valence-electron chi connectivity index (χ3n) is 7.59. The Balaban J connectivity index is 1.30. The second kappa shape index (κ2) is 13.3. The van der Waals surface area contributed by atoms with Crippen molar-refractivity contribution in [3.63, 3.8) is 0 Å². The SMILES string of the molecule is CCOC(=O)c1ccc(N2C(=O)[C@H]3[C@H](c4cc(Br)ccc4OCC(=O)Nc4ccc(S(N)(=O)=O)cc4)c4sc(=O)[nH]c4S[C@H]3C2=O)cc1. The predicted molar refractivity (Wildman–Crippen MR) is 181 cm³/mol. The van der Waals surface area contributed by atoms with Gasteiger partial charge in [0.1, 0.15) is 11.0 Å². The van der Waals surface area contributed by atoms with Crippen molar-refractivity contribution in [1.29, 1.82) is 0 Å². The number of sulfonamides is 1. The molecule has 48 heavy (non-hydrogen) atoms. The van der Waals surface area contributed by atoms with Gasteiger partial charge in [0.2, 0.25) is 21.8 Å². The number of H-pyrrole nitrogens is 1. The lowest BCUT2D eigenvalue weighted by Crippen LogP contribution is -2.32. The molecular formula is C31H25BrN4O9S3. The fourth-order valence-electron chi connectivity index (χ4n) is 5.53. The number of hydrogen-bond donors (Lipinski definition) is 3. The van der Waals surface area contributed by atoms with E-state index >= 15 is 0 Å². The van der Waals surface area contributed by atoms with Crippen LogP contribution in [0.15, 0.2) is 85.9 Å². The Morgan fingerprint density at radius 1 is 1.02 bits per heavy atom. The maximum atomic E-state index is 14.2. The van der Waals surface area contributed by atoms with Crippen LogP contribution in [0.2, 0.25) is 0 Å². The van der Waals surface area contributed by atoms with E-state index in [9.17, 15) is 32.4 Å². The number of nitrogens with one attached hydrogen (secondary N) is 2. The van der Waals surface area contributed by atoms with Crippen LogP contribution in [-0.4, -0.2) is 55.6 Å². The molecule has 0 aliphatic carbocycles. The van der Waals surface area contributed by atoms with E-state index in [1.165, 1.54) is 48.5 Å². The summed E-state index contributed by atoms with van der Waals surface area (Å²) in [6, 6.07) is 16.3. The van der Waals surface area contributed by atoms with Gasteiger partial charge in [-0.3, -0.25) is 19.2 Å². The van der Waals surface area contributed by atoms with E-state index in [1.807, 2.05) is 0 Å². The Morgan fingerprint density at radius 3 is 2.40 bits per heavy atom. The minimum atomic E-state index is -3.90. The maximum absolute atomic E-state index is 14.2. The molecule has 3 heterocycles. The summed E-state index contributed by atoms with van der Waals surface area (Å²) in [7, 11) is -3.90. The first-order chi connectivity index (χ1) is 22.8. The van der Waals surface area contributed by atoms with E-state index in [4.69, 9.17) is 14.6 Å². The van der Waals surface area contributed by atoms with Crippen LogP contribution in [0.5, 0.6) is 5.75 Å². The second-order valence-electron chi connectivity index (χ2n) is 10.6. The molecule has 17 heteroatoms. The highest BCUT2D eigenvalue weighted by Gasteiger charge is 2.57. The molecule has 0 bridgehead atoms. The summed E-state index contributed by atoms with van der Waals surface area (Å²) in [5, 5.41) is 7.33. The fourth-order valence-corrected chi connectivity index (χ4v) is 8.93. The number of carbonyl (C=O) groups excluding carboxylic acids is 4. The number of benzene rings is 3. The van der Waals surface area contributed by atoms with E-state index in [1.54, 1.807) is 25.1 Å². The first kappa shape index (κ1) is 33.6. The number of fused-ring (bicyclic) bond motifs is 2. The minimum Gasteiger partial charge on any atom is -0.483 e. The van der Waals surface area contributed by atoms with Crippen LogP contribution in [0.4, 0.5) is 11.4 Å². The van der Waals surface area contributed by atoms with Crippen LogP contribution >= 0.6 is 39.0 Å². The second-order valence-corrected chi connectivity index (χ2v) is 15.3. The Morgan fingerprint density at radius 2 is 1.73 bits per heavy atom. The summed E-state index contributed by atoms with van der Waals surface area (Å²) < 4.78 is 34.7. The van der Waals surface area contributed by atoms with Crippen molar-refractivity contribution < 1.29 is 37.1 Å². The molecule has 13 nitrogen and oxygen atoms in total. The topological polar surface area (TPSA) is 195 Å². The van der Waals surface area contributed by atoms with Crippen LogP contribution < -0.4 is 25.0 Å². The van der Waals surface area contributed by atoms with Gasteiger partial charge in [-0.1, -0.05) is 39.0 Å².